The molecule has 22 heavy (non-hydrogen) atoms. The molecule has 2 amide bonds. The summed E-state index contributed by atoms with van der Waals surface area (Å²) in [4.78, 5) is 25.8. The summed E-state index contributed by atoms with van der Waals surface area (Å²) in [6.45, 7) is 4.58. The number of hydrogen-bond donors (Lipinski definition) is 1. The molecule has 1 atom stereocenters. The molecule has 6 nitrogen and oxygen atoms in total. The molecule has 1 aromatic rings. The SMILES string of the molecule is C=CCNC(=O)C1CCC(=O)N1Cc1ccc2c(c1)OCO2. The van der Waals surface area contributed by atoms with Gasteiger partial charge in [0, 0.05) is 19.5 Å². The van der Waals surface area contributed by atoms with E-state index in [1.165, 1.54) is 0 Å². The molecule has 3 rings (SSSR count). The first-order chi connectivity index (χ1) is 10.7. The summed E-state index contributed by atoms with van der Waals surface area (Å²) < 4.78 is 10.6. The molecule has 0 aromatic heterocycles. The molecule has 1 N–H and O–H groups in total. The van der Waals surface area contributed by atoms with Gasteiger partial charge in [0.2, 0.25) is 18.6 Å². The van der Waals surface area contributed by atoms with E-state index in [1.807, 2.05) is 18.2 Å². The standard InChI is InChI=1S/C16H18N2O4/c1-2-7-17-16(20)12-4-6-15(19)18(12)9-11-3-5-13-14(8-11)22-10-21-13/h2-3,5,8,12H,1,4,6-7,9-10H2,(H,17,20). The molecule has 0 aliphatic carbocycles. The van der Waals surface area contributed by atoms with Crippen LogP contribution in [0.4, 0.5) is 0 Å². The lowest BCUT2D eigenvalue weighted by molar-refractivity contribution is -0.135. The van der Waals surface area contributed by atoms with Gasteiger partial charge < -0.3 is 19.7 Å². The Morgan fingerprint density at radius 2 is 2.23 bits per heavy atom. The minimum atomic E-state index is -0.419. The average molecular weight is 302 g/mol. The van der Waals surface area contributed by atoms with E-state index in [0.717, 1.165) is 5.56 Å². The van der Waals surface area contributed by atoms with E-state index >= 15 is 0 Å². The van der Waals surface area contributed by atoms with Crippen LogP contribution in [0.15, 0.2) is 30.9 Å². The van der Waals surface area contributed by atoms with Crippen LogP contribution in [0, 0.1) is 0 Å². The Hall–Kier alpha value is -2.50. The molecule has 1 fully saturated rings. The summed E-state index contributed by atoms with van der Waals surface area (Å²) in [5, 5.41) is 2.76. The van der Waals surface area contributed by atoms with Gasteiger partial charge in [-0.1, -0.05) is 12.1 Å². The number of hydrogen-bond acceptors (Lipinski definition) is 4. The van der Waals surface area contributed by atoms with E-state index in [1.54, 1.807) is 11.0 Å². The van der Waals surface area contributed by atoms with Gasteiger partial charge in [-0.25, -0.2) is 0 Å². The summed E-state index contributed by atoms with van der Waals surface area (Å²) in [5.41, 5.74) is 0.918. The molecular weight excluding hydrogens is 284 g/mol. The molecule has 0 spiro atoms. The lowest BCUT2D eigenvalue weighted by Gasteiger charge is -2.24. The van der Waals surface area contributed by atoms with E-state index in [0.29, 0.717) is 37.4 Å². The number of benzene rings is 1. The molecule has 0 radical (unpaired) electrons. The Bertz CT molecular complexity index is 614. The molecular formula is C16H18N2O4. The van der Waals surface area contributed by atoms with Gasteiger partial charge >= 0.3 is 0 Å². The highest BCUT2D eigenvalue weighted by molar-refractivity contribution is 5.90. The van der Waals surface area contributed by atoms with Crippen molar-refractivity contribution in [1.82, 2.24) is 10.2 Å². The number of likely N-dealkylation sites (tertiary alicyclic amines) is 1. The van der Waals surface area contributed by atoms with E-state index in [9.17, 15) is 9.59 Å². The molecule has 2 aliphatic heterocycles. The average Bonchev–Trinajstić information content (AvgIpc) is 3.12. The highest BCUT2D eigenvalue weighted by Crippen LogP contribution is 2.33. The predicted octanol–water partition coefficient (Wildman–Crippen LogP) is 1.21. The fourth-order valence-corrected chi connectivity index (χ4v) is 2.73. The zero-order valence-electron chi connectivity index (χ0n) is 12.2. The molecule has 2 heterocycles. The van der Waals surface area contributed by atoms with Crippen molar-refractivity contribution in [1.29, 1.82) is 0 Å². The fourth-order valence-electron chi connectivity index (χ4n) is 2.73. The lowest BCUT2D eigenvalue weighted by Crippen LogP contribution is -2.44. The number of rotatable bonds is 5. The van der Waals surface area contributed by atoms with Crippen molar-refractivity contribution in [2.75, 3.05) is 13.3 Å². The summed E-state index contributed by atoms with van der Waals surface area (Å²) in [6.07, 6.45) is 2.57. The van der Waals surface area contributed by atoms with Crippen LogP contribution >= 0.6 is 0 Å². The number of nitrogens with one attached hydrogen (secondary N) is 1. The molecule has 116 valence electrons. The van der Waals surface area contributed by atoms with Gasteiger partial charge in [-0.2, -0.15) is 0 Å². The highest BCUT2D eigenvalue weighted by atomic mass is 16.7. The largest absolute Gasteiger partial charge is 0.454 e. The molecule has 6 heteroatoms. The minimum Gasteiger partial charge on any atom is -0.454 e. The molecule has 1 unspecified atom stereocenters. The van der Waals surface area contributed by atoms with E-state index < -0.39 is 6.04 Å². The van der Waals surface area contributed by atoms with Gasteiger partial charge in [0.25, 0.3) is 0 Å². The predicted molar refractivity (Wildman–Crippen MR) is 79.3 cm³/mol. The van der Waals surface area contributed by atoms with Crippen molar-refractivity contribution >= 4 is 11.8 Å². The third-order valence-electron chi connectivity index (χ3n) is 3.84. The van der Waals surface area contributed by atoms with Crippen molar-refractivity contribution in [3.05, 3.63) is 36.4 Å². The minimum absolute atomic E-state index is 0.00331. The van der Waals surface area contributed by atoms with Gasteiger partial charge in [0.15, 0.2) is 11.5 Å². The number of nitrogens with zero attached hydrogens (tertiary/aromatic N) is 1. The van der Waals surface area contributed by atoms with Crippen molar-refractivity contribution in [2.45, 2.75) is 25.4 Å². The van der Waals surface area contributed by atoms with Crippen molar-refractivity contribution in [2.24, 2.45) is 0 Å². The molecule has 1 aromatic carbocycles. The van der Waals surface area contributed by atoms with E-state index in [-0.39, 0.29) is 18.6 Å². The first-order valence-corrected chi connectivity index (χ1v) is 7.25. The number of ether oxygens (including phenoxy) is 2. The normalized spacial score (nSPS) is 19.4. The Morgan fingerprint density at radius 1 is 1.41 bits per heavy atom. The Balaban J connectivity index is 1.72. The second-order valence-corrected chi connectivity index (χ2v) is 5.30. The van der Waals surface area contributed by atoms with Crippen LogP contribution in [0.1, 0.15) is 18.4 Å². The maximum atomic E-state index is 12.1. The maximum Gasteiger partial charge on any atom is 0.243 e. The van der Waals surface area contributed by atoms with E-state index in [4.69, 9.17) is 9.47 Å². The van der Waals surface area contributed by atoms with Crippen LogP contribution < -0.4 is 14.8 Å². The number of fused-ring (bicyclic) bond motifs is 1. The van der Waals surface area contributed by atoms with Gasteiger partial charge in [-0.15, -0.1) is 6.58 Å². The quantitative estimate of drug-likeness (QED) is 0.830. The maximum absolute atomic E-state index is 12.1. The Kier molecular flexibility index (Phi) is 4.00. The van der Waals surface area contributed by atoms with Crippen LogP contribution in [-0.4, -0.2) is 36.1 Å². The van der Waals surface area contributed by atoms with Gasteiger partial charge in [0.05, 0.1) is 0 Å². The summed E-state index contributed by atoms with van der Waals surface area (Å²) in [5.74, 6) is 1.25. The molecule has 1 saturated heterocycles. The van der Waals surface area contributed by atoms with E-state index in [2.05, 4.69) is 11.9 Å². The lowest BCUT2D eigenvalue weighted by atomic mass is 10.1. The van der Waals surface area contributed by atoms with Crippen LogP contribution in [-0.2, 0) is 16.1 Å². The van der Waals surface area contributed by atoms with Crippen LogP contribution in [0.25, 0.3) is 0 Å². The summed E-state index contributed by atoms with van der Waals surface area (Å²) in [7, 11) is 0. The first-order valence-electron chi connectivity index (χ1n) is 7.25. The Morgan fingerprint density at radius 3 is 3.05 bits per heavy atom. The van der Waals surface area contributed by atoms with Crippen molar-refractivity contribution in [3.8, 4) is 11.5 Å². The first kappa shape index (κ1) is 14.4. The van der Waals surface area contributed by atoms with Gasteiger partial charge in [0.1, 0.15) is 6.04 Å². The molecule has 0 saturated carbocycles. The third kappa shape index (κ3) is 2.77. The third-order valence-corrected chi connectivity index (χ3v) is 3.84. The van der Waals surface area contributed by atoms with Crippen molar-refractivity contribution in [3.63, 3.8) is 0 Å². The van der Waals surface area contributed by atoms with Crippen LogP contribution in [0.5, 0.6) is 11.5 Å². The molecule has 0 bridgehead atoms. The fraction of sp³-hybridized carbons (Fsp3) is 0.375. The van der Waals surface area contributed by atoms with Crippen LogP contribution in [0.3, 0.4) is 0 Å². The summed E-state index contributed by atoms with van der Waals surface area (Å²) in [6, 6.07) is 5.15. The summed E-state index contributed by atoms with van der Waals surface area (Å²) >= 11 is 0. The number of amides is 2. The van der Waals surface area contributed by atoms with Gasteiger partial charge in [-0.05, 0) is 24.1 Å². The highest BCUT2D eigenvalue weighted by Gasteiger charge is 2.35. The topological polar surface area (TPSA) is 67.9 Å². The second kappa shape index (κ2) is 6.09. The zero-order valence-corrected chi connectivity index (χ0v) is 12.2. The number of carbonyl (C=O) groups excluding carboxylic acids is 2. The van der Waals surface area contributed by atoms with Crippen molar-refractivity contribution < 1.29 is 19.1 Å². The Labute approximate surface area is 128 Å². The number of carbonyl (C=O) groups is 2. The monoisotopic (exact) mass is 302 g/mol. The zero-order chi connectivity index (χ0) is 15.5. The van der Waals surface area contributed by atoms with Gasteiger partial charge in [-0.3, -0.25) is 9.59 Å². The smallest absolute Gasteiger partial charge is 0.243 e. The molecule has 2 aliphatic rings. The second-order valence-electron chi connectivity index (χ2n) is 5.30. The van der Waals surface area contributed by atoms with Crippen LogP contribution in [0.2, 0.25) is 0 Å².